The fourth-order valence-corrected chi connectivity index (χ4v) is 9.48. The molecule has 0 saturated heterocycles. The van der Waals surface area contributed by atoms with E-state index in [-0.39, 0.29) is 28.8 Å². The molecule has 30 heavy (non-hydrogen) atoms. The van der Waals surface area contributed by atoms with Crippen LogP contribution in [-0.2, 0) is 10.1 Å². The summed E-state index contributed by atoms with van der Waals surface area (Å²) < 4.78 is 33.0. The second kappa shape index (κ2) is 8.00. The zero-order chi connectivity index (χ0) is 21.9. The highest BCUT2D eigenvalue weighted by molar-refractivity contribution is 7.85. The fourth-order valence-electron chi connectivity index (χ4n) is 8.96. The normalized spacial score (nSPS) is 49.7. The van der Waals surface area contributed by atoms with Gasteiger partial charge >= 0.3 is 0 Å². The van der Waals surface area contributed by atoms with Crippen LogP contribution in [-0.4, -0.2) is 41.1 Å². The average molecular weight is 442 g/mol. The Morgan fingerprint density at radius 1 is 1.00 bits per heavy atom. The minimum absolute atomic E-state index is 0.199. The minimum atomic E-state index is -4.13. The van der Waals surface area contributed by atoms with E-state index in [0.29, 0.717) is 41.9 Å². The van der Waals surface area contributed by atoms with E-state index < -0.39 is 10.1 Å². The van der Waals surface area contributed by atoms with E-state index in [0.717, 1.165) is 51.4 Å². The van der Waals surface area contributed by atoms with Gasteiger partial charge in [-0.1, -0.05) is 20.8 Å². The van der Waals surface area contributed by atoms with E-state index in [1.165, 1.54) is 6.42 Å². The van der Waals surface area contributed by atoms with Gasteiger partial charge < -0.3 is 14.8 Å². The summed E-state index contributed by atoms with van der Waals surface area (Å²) in [7, 11) is -4.13. The third-order valence-corrected chi connectivity index (χ3v) is 11.3. The van der Waals surface area contributed by atoms with Gasteiger partial charge in [-0.05, 0) is 111 Å². The third kappa shape index (κ3) is 3.88. The van der Waals surface area contributed by atoms with Gasteiger partial charge in [0.05, 0.1) is 22.3 Å². The van der Waals surface area contributed by atoms with E-state index in [1.54, 1.807) is 0 Å². The van der Waals surface area contributed by atoms with Crippen molar-refractivity contribution in [3.8, 4) is 0 Å². The van der Waals surface area contributed by atoms with Crippen LogP contribution in [0, 0.1) is 46.3 Å². The maximum atomic E-state index is 11.3. The van der Waals surface area contributed by atoms with Gasteiger partial charge in [0.2, 0.25) is 0 Å². The molecular formula is C24H41O5S-. The van der Waals surface area contributed by atoms with Crippen LogP contribution in [0.3, 0.4) is 0 Å². The predicted molar refractivity (Wildman–Crippen MR) is 116 cm³/mol. The highest BCUT2D eigenvalue weighted by Gasteiger charge is 2.62. The van der Waals surface area contributed by atoms with Crippen LogP contribution in [0.1, 0.15) is 85.0 Å². The molecule has 4 saturated carbocycles. The lowest BCUT2D eigenvalue weighted by molar-refractivity contribution is -0.174. The molecule has 0 aromatic rings. The van der Waals surface area contributed by atoms with Crippen molar-refractivity contribution in [3.63, 3.8) is 0 Å². The topological polar surface area (TPSA) is 97.7 Å². The molecule has 6 heteroatoms. The van der Waals surface area contributed by atoms with Gasteiger partial charge in [0.15, 0.2) is 0 Å². The maximum Gasteiger partial charge on any atom is 0.0945 e. The fraction of sp³-hybridized carbons (Fsp3) is 1.00. The summed E-state index contributed by atoms with van der Waals surface area (Å²) in [5.74, 6) is 2.59. The molecule has 2 N–H and O–H groups in total. The maximum absolute atomic E-state index is 11.3. The molecule has 4 aliphatic carbocycles. The Morgan fingerprint density at radius 3 is 2.37 bits per heavy atom. The summed E-state index contributed by atoms with van der Waals surface area (Å²) in [5.41, 5.74) is 0.450. The lowest BCUT2D eigenvalue weighted by atomic mass is 9.43. The summed E-state index contributed by atoms with van der Waals surface area (Å²) >= 11 is 0. The van der Waals surface area contributed by atoms with Crippen molar-refractivity contribution in [2.45, 2.75) is 97.2 Å². The predicted octanol–water partition coefficient (Wildman–Crippen LogP) is 3.94. The molecule has 0 bridgehead atoms. The Balaban J connectivity index is 1.50. The van der Waals surface area contributed by atoms with E-state index in [4.69, 9.17) is 0 Å². The molecular weight excluding hydrogens is 400 g/mol. The molecule has 10 atom stereocenters. The van der Waals surface area contributed by atoms with Crippen LogP contribution in [0.25, 0.3) is 0 Å². The SMILES string of the molecule is CC(CCCS(=O)(=O)[O-])C1CCC2C3C(O)CC4CC(O)CCC4(C)C3CCC12C. The molecule has 4 rings (SSSR count). The van der Waals surface area contributed by atoms with Gasteiger partial charge in [-0.2, -0.15) is 0 Å². The first kappa shape index (κ1) is 23.0. The third-order valence-electron chi connectivity index (χ3n) is 10.5. The van der Waals surface area contributed by atoms with Crippen molar-refractivity contribution >= 4 is 10.1 Å². The Bertz CT molecular complexity index is 738. The van der Waals surface area contributed by atoms with Crippen LogP contribution >= 0.6 is 0 Å². The summed E-state index contributed by atoms with van der Waals surface area (Å²) in [6, 6.07) is 0. The summed E-state index contributed by atoms with van der Waals surface area (Å²) in [5, 5.41) is 21.5. The molecule has 0 radical (unpaired) electrons. The molecule has 0 amide bonds. The highest BCUT2D eigenvalue weighted by Crippen LogP contribution is 2.68. The molecule has 0 aromatic heterocycles. The van der Waals surface area contributed by atoms with Crippen molar-refractivity contribution in [2.75, 3.05) is 5.75 Å². The first-order valence-electron chi connectivity index (χ1n) is 12.3. The number of aliphatic hydroxyl groups excluding tert-OH is 2. The molecule has 0 aliphatic heterocycles. The second-order valence-electron chi connectivity index (χ2n) is 11.8. The standard InChI is InChI=1S/C24H42O5S/c1-15(5-4-12-30(27,28)29)18-6-7-19-22-20(9-11-24(18,19)3)23(2)10-8-17(25)13-16(23)14-21(22)26/h15-22,25-26H,4-14H2,1-3H3,(H,27,28,29)/p-1. The Morgan fingerprint density at radius 2 is 1.67 bits per heavy atom. The molecule has 5 nitrogen and oxygen atoms in total. The van der Waals surface area contributed by atoms with Crippen LogP contribution in [0.5, 0.6) is 0 Å². The van der Waals surface area contributed by atoms with Gasteiger partial charge in [0.25, 0.3) is 0 Å². The lowest BCUT2D eigenvalue weighted by Crippen LogP contribution is -2.58. The van der Waals surface area contributed by atoms with E-state index in [2.05, 4.69) is 20.8 Å². The summed E-state index contributed by atoms with van der Waals surface area (Å²) in [4.78, 5) is 0. The second-order valence-corrected chi connectivity index (χ2v) is 13.4. The molecule has 0 aromatic carbocycles. The first-order valence-corrected chi connectivity index (χ1v) is 13.8. The monoisotopic (exact) mass is 441 g/mol. The van der Waals surface area contributed by atoms with Gasteiger partial charge in [0, 0.05) is 5.75 Å². The number of fused-ring (bicyclic) bond motifs is 5. The zero-order valence-corrected chi connectivity index (χ0v) is 19.7. The van der Waals surface area contributed by atoms with E-state index in [9.17, 15) is 23.2 Å². The quantitative estimate of drug-likeness (QED) is 0.630. The van der Waals surface area contributed by atoms with E-state index >= 15 is 0 Å². The molecule has 0 heterocycles. The lowest BCUT2D eigenvalue weighted by Gasteiger charge is -2.62. The van der Waals surface area contributed by atoms with Gasteiger partial charge in [0.1, 0.15) is 0 Å². The Hall–Kier alpha value is -0.170. The Labute approximate surface area is 182 Å². The van der Waals surface area contributed by atoms with Crippen LogP contribution in [0.2, 0.25) is 0 Å². The van der Waals surface area contributed by atoms with Crippen molar-refractivity contribution < 1.29 is 23.2 Å². The molecule has 0 spiro atoms. The van der Waals surface area contributed by atoms with Crippen molar-refractivity contribution in [3.05, 3.63) is 0 Å². The van der Waals surface area contributed by atoms with Gasteiger partial charge in [-0.15, -0.1) is 0 Å². The molecule has 4 aliphatic rings. The minimum Gasteiger partial charge on any atom is -0.748 e. The van der Waals surface area contributed by atoms with Crippen LogP contribution in [0.15, 0.2) is 0 Å². The van der Waals surface area contributed by atoms with Gasteiger partial charge in [-0.3, -0.25) is 0 Å². The van der Waals surface area contributed by atoms with Crippen molar-refractivity contribution in [1.29, 1.82) is 0 Å². The van der Waals surface area contributed by atoms with E-state index in [1.807, 2.05) is 0 Å². The summed E-state index contributed by atoms with van der Waals surface area (Å²) in [6.45, 7) is 7.10. The zero-order valence-electron chi connectivity index (χ0n) is 18.9. The number of hydrogen-bond donors (Lipinski definition) is 2. The number of hydrogen-bond acceptors (Lipinski definition) is 5. The van der Waals surface area contributed by atoms with Crippen LogP contribution < -0.4 is 0 Å². The van der Waals surface area contributed by atoms with Crippen molar-refractivity contribution in [1.82, 2.24) is 0 Å². The van der Waals surface area contributed by atoms with Crippen LogP contribution in [0.4, 0.5) is 0 Å². The van der Waals surface area contributed by atoms with Crippen molar-refractivity contribution in [2.24, 2.45) is 46.3 Å². The smallest absolute Gasteiger partial charge is 0.0945 e. The number of rotatable bonds is 5. The summed E-state index contributed by atoms with van der Waals surface area (Å²) in [6.07, 6.45) is 9.12. The largest absolute Gasteiger partial charge is 0.748 e. The Kier molecular flexibility index (Phi) is 6.13. The first-order chi connectivity index (χ1) is 14.0. The van der Waals surface area contributed by atoms with Gasteiger partial charge in [-0.25, -0.2) is 8.42 Å². The average Bonchev–Trinajstić information content (AvgIpc) is 2.99. The number of aliphatic hydroxyl groups is 2. The molecule has 4 fully saturated rings. The molecule has 10 unspecified atom stereocenters. The molecule has 174 valence electrons. The highest BCUT2D eigenvalue weighted by atomic mass is 32.2.